The molecule has 0 unspecified atom stereocenters. The van der Waals surface area contributed by atoms with Crippen molar-refractivity contribution in [3.63, 3.8) is 0 Å². The maximum absolute atomic E-state index is 5.49. The molecular weight excluding hydrogens is 202 g/mol. The minimum absolute atomic E-state index is 0.0821. The third-order valence-electron chi connectivity index (χ3n) is 2.24. The molecule has 5 heteroatoms. The predicted octanol–water partition coefficient (Wildman–Crippen LogP) is 0.392. The number of nitrogens with two attached hydrogens (primary N) is 3. The van der Waals surface area contributed by atoms with E-state index in [9.17, 15) is 0 Å². The number of hydrogen-bond donors (Lipinski definition) is 3. The predicted molar refractivity (Wildman–Crippen MR) is 67.1 cm³/mol. The van der Waals surface area contributed by atoms with Crippen LogP contribution in [0.25, 0.3) is 0 Å². The topological polar surface area (TPSA) is 103 Å². The number of benzene rings is 1. The molecule has 0 aliphatic rings. The Morgan fingerprint density at radius 3 is 2.38 bits per heavy atom. The van der Waals surface area contributed by atoms with Crippen molar-refractivity contribution >= 4 is 11.9 Å². The highest BCUT2D eigenvalue weighted by molar-refractivity contribution is 5.92. The van der Waals surface area contributed by atoms with Gasteiger partial charge >= 0.3 is 0 Å². The number of rotatable bonds is 2. The van der Waals surface area contributed by atoms with E-state index < -0.39 is 0 Å². The molecule has 0 spiro atoms. The van der Waals surface area contributed by atoms with Gasteiger partial charge < -0.3 is 17.2 Å². The molecule has 0 saturated carbocycles. The van der Waals surface area contributed by atoms with Crippen molar-refractivity contribution in [1.29, 1.82) is 0 Å². The van der Waals surface area contributed by atoms with Crippen molar-refractivity contribution in [2.45, 2.75) is 20.4 Å². The van der Waals surface area contributed by atoms with Crippen molar-refractivity contribution in [2.75, 3.05) is 0 Å². The molecule has 0 fully saturated rings. The van der Waals surface area contributed by atoms with Crippen LogP contribution >= 0.6 is 0 Å². The monoisotopic (exact) mass is 219 g/mol. The standard InChI is InChI=1S/C11H17N5/c1-7-3-4-9(5-8(7)2)6-15-11(14)16-10(12)13/h3-5H,6H2,1-2H3,(H6,12,13,14,15,16). The third-order valence-corrected chi connectivity index (χ3v) is 2.24. The Kier molecular flexibility index (Phi) is 3.88. The number of guanidine groups is 2. The second-order valence-corrected chi connectivity index (χ2v) is 3.63. The summed E-state index contributed by atoms with van der Waals surface area (Å²) in [5.41, 5.74) is 19.4. The van der Waals surface area contributed by atoms with Crippen LogP contribution in [-0.4, -0.2) is 11.9 Å². The van der Waals surface area contributed by atoms with Crippen LogP contribution < -0.4 is 17.2 Å². The maximum Gasteiger partial charge on any atom is 0.218 e. The van der Waals surface area contributed by atoms with Gasteiger partial charge in [-0.2, -0.15) is 4.99 Å². The zero-order valence-corrected chi connectivity index (χ0v) is 9.57. The van der Waals surface area contributed by atoms with E-state index in [4.69, 9.17) is 17.2 Å². The highest BCUT2D eigenvalue weighted by Crippen LogP contribution is 2.10. The van der Waals surface area contributed by atoms with Gasteiger partial charge in [0.2, 0.25) is 5.96 Å². The van der Waals surface area contributed by atoms with E-state index >= 15 is 0 Å². The molecule has 1 rings (SSSR count). The zero-order chi connectivity index (χ0) is 12.1. The van der Waals surface area contributed by atoms with Gasteiger partial charge in [0.05, 0.1) is 6.54 Å². The van der Waals surface area contributed by atoms with Crippen LogP contribution in [-0.2, 0) is 6.54 Å². The summed E-state index contributed by atoms with van der Waals surface area (Å²) in [6.45, 7) is 4.60. The number of hydrogen-bond acceptors (Lipinski definition) is 1. The summed E-state index contributed by atoms with van der Waals surface area (Å²) in [4.78, 5) is 7.68. The molecule has 0 aromatic heterocycles. The fraction of sp³-hybridized carbons (Fsp3) is 0.273. The second kappa shape index (κ2) is 5.16. The summed E-state index contributed by atoms with van der Waals surface area (Å²) in [5, 5.41) is 0. The minimum Gasteiger partial charge on any atom is -0.370 e. The van der Waals surface area contributed by atoms with Crippen LogP contribution in [0.5, 0.6) is 0 Å². The molecule has 86 valence electrons. The molecule has 0 amide bonds. The Bertz CT molecular complexity index is 430. The van der Waals surface area contributed by atoms with Gasteiger partial charge in [-0.15, -0.1) is 0 Å². The molecule has 16 heavy (non-hydrogen) atoms. The van der Waals surface area contributed by atoms with Crippen molar-refractivity contribution in [3.8, 4) is 0 Å². The van der Waals surface area contributed by atoms with Gasteiger partial charge in [0.15, 0.2) is 5.96 Å². The Labute approximate surface area is 95.1 Å². The molecule has 1 aromatic rings. The first-order chi connectivity index (χ1) is 7.49. The van der Waals surface area contributed by atoms with Crippen LogP contribution in [0, 0.1) is 13.8 Å². The quantitative estimate of drug-likeness (QED) is 0.495. The first-order valence-electron chi connectivity index (χ1n) is 4.94. The Morgan fingerprint density at radius 2 is 1.81 bits per heavy atom. The second-order valence-electron chi connectivity index (χ2n) is 3.63. The average Bonchev–Trinajstić information content (AvgIpc) is 2.19. The summed E-state index contributed by atoms with van der Waals surface area (Å²) >= 11 is 0. The van der Waals surface area contributed by atoms with Gasteiger partial charge in [0.25, 0.3) is 0 Å². The molecule has 0 aliphatic heterocycles. The summed E-state index contributed by atoms with van der Waals surface area (Å²) in [6.07, 6.45) is 0. The molecule has 5 nitrogen and oxygen atoms in total. The summed E-state index contributed by atoms with van der Waals surface area (Å²) in [7, 11) is 0. The van der Waals surface area contributed by atoms with E-state index in [1.165, 1.54) is 11.1 Å². The Balaban J connectivity index is 2.75. The third kappa shape index (κ3) is 3.61. The highest BCUT2D eigenvalue weighted by atomic mass is 15.1. The summed E-state index contributed by atoms with van der Waals surface area (Å²) < 4.78 is 0. The SMILES string of the molecule is Cc1ccc(CN=C(N)N=C(N)N)cc1C. The largest absolute Gasteiger partial charge is 0.370 e. The van der Waals surface area contributed by atoms with Crippen LogP contribution in [0.2, 0.25) is 0 Å². The van der Waals surface area contributed by atoms with Gasteiger partial charge in [0, 0.05) is 0 Å². The molecule has 0 radical (unpaired) electrons. The first-order valence-corrected chi connectivity index (χ1v) is 4.94. The van der Waals surface area contributed by atoms with E-state index in [1.54, 1.807) is 0 Å². The minimum atomic E-state index is -0.0821. The van der Waals surface area contributed by atoms with E-state index in [0.717, 1.165) is 5.56 Å². The number of nitrogens with zero attached hydrogens (tertiary/aromatic N) is 2. The lowest BCUT2D eigenvalue weighted by Crippen LogP contribution is -2.26. The lowest BCUT2D eigenvalue weighted by molar-refractivity contribution is 1.05. The molecular formula is C11H17N5. The maximum atomic E-state index is 5.49. The molecule has 0 heterocycles. The van der Waals surface area contributed by atoms with Gasteiger partial charge in [-0.1, -0.05) is 18.2 Å². The molecule has 0 atom stereocenters. The fourth-order valence-corrected chi connectivity index (χ4v) is 1.24. The van der Waals surface area contributed by atoms with E-state index in [0.29, 0.717) is 6.54 Å². The normalized spacial score (nSPS) is 11.2. The highest BCUT2D eigenvalue weighted by Gasteiger charge is 1.96. The first kappa shape index (κ1) is 12.0. The van der Waals surface area contributed by atoms with Gasteiger partial charge in [-0.25, -0.2) is 4.99 Å². The zero-order valence-electron chi connectivity index (χ0n) is 9.57. The molecule has 0 saturated heterocycles. The van der Waals surface area contributed by atoms with Crippen LogP contribution in [0.3, 0.4) is 0 Å². The van der Waals surface area contributed by atoms with E-state index in [2.05, 4.69) is 36.0 Å². The van der Waals surface area contributed by atoms with Crippen molar-refractivity contribution in [1.82, 2.24) is 0 Å². The molecule has 6 N–H and O–H groups in total. The Hall–Kier alpha value is -2.04. The average molecular weight is 219 g/mol. The molecule has 0 bridgehead atoms. The van der Waals surface area contributed by atoms with Crippen LogP contribution in [0.1, 0.15) is 16.7 Å². The van der Waals surface area contributed by atoms with Crippen LogP contribution in [0.15, 0.2) is 28.2 Å². The fourth-order valence-electron chi connectivity index (χ4n) is 1.24. The van der Waals surface area contributed by atoms with Crippen molar-refractivity contribution in [3.05, 3.63) is 34.9 Å². The van der Waals surface area contributed by atoms with E-state index in [-0.39, 0.29) is 11.9 Å². The number of aryl methyl sites for hydroxylation is 2. The summed E-state index contributed by atoms with van der Waals surface area (Å²) in [5.74, 6) is 0.0135. The smallest absolute Gasteiger partial charge is 0.218 e. The van der Waals surface area contributed by atoms with Crippen LogP contribution in [0.4, 0.5) is 0 Å². The van der Waals surface area contributed by atoms with Crippen molar-refractivity contribution in [2.24, 2.45) is 27.2 Å². The molecule has 0 aliphatic carbocycles. The summed E-state index contributed by atoms with van der Waals surface area (Å²) in [6, 6.07) is 6.13. The van der Waals surface area contributed by atoms with Gasteiger partial charge in [-0.3, -0.25) is 0 Å². The van der Waals surface area contributed by atoms with Gasteiger partial charge in [-0.05, 0) is 30.5 Å². The van der Waals surface area contributed by atoms with Gasteiger partial charge in [0.1, 0.15) is 0 Å². The lowest BCUT2D eigenvalue weighted by Gasteiger charge is -2.02. The van der Waals surface area contributed by atoms with E-state index in [1.807, 2.05) is 6.07 Å². The number of aliphatic imine (C=N–C) groups is 2. The lowest BCUT2D eigenvalue weighted by atomic mass is 10.1. The van der Waals surface area contributed by atoms with Crippen molar-refractivity contribution < 1.29 is 0 Å². The molecule has 1 aromatic carbocycles. The Morgan fingerprint density at radius 1 is 1.12 bits per heavy atom.